The third-order valence-corrected chi connectivity index (χ3v) is 4.90. The summed E-state index contributed by atoms with van der Waals surface area (Å²) in [4.78, 5) is 0. The summed E-state index contributed by atoms with van der Waals surface area (Å²) in [5, 5.41) is 37.2. The monoisotopic (exact) mass is 276 g/mol. The van der Waals surface area contributed by atoms with Gasteiger partial charge in [-0.1, -0.05) is 30.3 Å². The Bertz CT molecular complexity index is 737. The van der Waals surface area contributed by atoms with Crippen molar-refractivity contribution >= 4 is 5.90 Å². The molecule has 102 valence electrons. The van der Waals surface area contributed by atoms with Crippen molar-refractivity contribution in [2.75, 3.05) is 0 Å². The smallest absolute Gasteiger partial charge is 0.210 e. The molecule has 2 bridgehead atoms. The van der Waals surface area contributed by atoms with Crippen molar-refractivity contribution in [1.29, 1.82) is 21.2 Å². The van der Waals surface area contributed by atoms with Crippen LogP contribution in [0.1, 0.15) is 24.8 Å². The van der Waals surface area contributed by atoms with Gasteiger partial charge < -0.3 is 4.74 Å². The standard InChI is InChI=1S/C16H12N4O/c1-14-7-12(11-5-3-2-4-6-11)16(10-19,13(20)21-14)15(14,8-17)9-18/h2-6,12,20H,7H2,1H3/t12-,14-,16-/m0/s1. The van der Waals surface area contributed by atoms with E-state index in [1.807, 2.05) is 42.5 Å². The molecule has 0 aromatic heterocycles. The second kappa shape index (κ2) is 3.84. The highest BCUT2D eigenvalue weighted by molar-refractivity contribution is 5.92. The summed E-state index contributed by atoms with van der Waals surface area (Å²) in [5.74, 6) is -0.662. The molecule has 5 heteroatoms. The van der Waals surface area contributed by atoms with Gasteiger partial charge in [0.05, 0.1) is 18.2 Å². The van der Waals surface area contributed by atoms with E-state index in [2.05, 4.69) is 6.07 Å². The Morgan fingerprint density at radius 3 is 2.29 bits per heavy atom. The Morgan fingerprint density at radius 1 is 1.14 bits per heavy atom. The summed E-state index contributed by atoms with van der Waals surface area (Å²) in [7, 11) is 0. The van der Waals surface area contributed by atoms with Gasteiger partial charge in [0.2, 0.25) is 11.3 Å². The Balaban J connectivity index is 2.31. The van der Waals surface area contributed by atoms with Gasteiger partial charge in [0.15, 0.2) is 5.41 Å². The molecule has 2 aliphatic rings. The minimum absolute atomic E-state index is 0.268. The van der Waals surface area contributed by atoms with Gasteiger partial charge >= 0.3 is 0 Å². The maximum Gasteiger partial charge on any atom is 0.210 e. The molecule has 1 heterocycles. The number of benzene rings is 1. The molecule has 0 unspecified atom stereocenters. The van der Waals surface area contributed by atoms with Crippen LogP contribution in [-0.2, 0) is 4.74 Å². The van der Waals surface area contributed by atoms with Gasteiger partial charge in [-0.05, 0) is 18.9 Å². The third kappa shape index (κ3) is 1.17. The average Bonchev–Trinajstić information content (AvgIpc) is 2.84. The van der Waals surface area contributed by atoms with E-state index in [1.165, 1.54) is 0 Å². The molecule has 3 atom stereocenters. The van der Waals surface area contributed by atoms with Gasteiger partial charge in [-0.25, -0.2) is 0 Å². The van der Waals surface area contributed by atoms with Crippen LogP contribution in [0.4, 0.5) is 0 Å². The Morgan fingerprint density at radius 2 is 1.76 bits per heavy atom. The van der Waals surface area contributed by atoms with Crippen LogP contribution in [0.25, 0.3) is 0 Å². The fourth-order valence-electron chi connectivity index (χ4n) is 3.83. The first kappa shape index (κ1) is 13.2. The van der Waals surface area contributed by atoms with Crippen LogP contribution in [0.3, 0.4) is 0 Å². The first-order valence-electron chi connectivity index (χ1n) is 6.58. The zero-order valence-corrected chi connectivity index (χ0v) is 11.4. The van der Waals surface area contributed by atoms with E-state index in [-0.39, 0.29) is 5.90 Å². The first-order valence-corrected chi connectivity index (χ1v) is 6.58. The Hall–Kier alpha value is -2.84. The van der Waals surface area contributed by atoms with Crippen molar-refractivity contribution in [3.8, 4) is 18.2 Å². The largest absolute Gasteiger partial charge is 0.471 e. The molecule has 1 saturated heterocycles. The van der Waals surface area contributed by atoms with Crippen LogP contribution in [-0.4, -0.2) is 11.5 Å². The molecule has 0 spiro atoms. The van der Waals surface area contributed by atoms with Crippen LogP contribution < -0.4 is 0 Å². The second-order valence-corrected chi connectivity index (χ2v) is 5.72. The van der Waals surface area contributed by atoms with Gasteiger partial charge in [0.1, 0.15) is 5.60 Å². The molecule has 3 rings (SSSR count). The quantitative estimate of drug-likeness (QED) is 0.850. The number of rotatable bonds is 1. The van der Waals surface area contributed by atoms with Crippen molar-refractivity contribution in [2.45, 2.75) is 24.9 Å². The molecule has 0 amide bonds. The first-order chi connectivity index (χ1) is 10.0. The van der Waals surface area contributed by atoms with Crippen molar-refractivity contribution in [1.82, 2.24) is 0 Å². The van der Waals surface area contributed by atoms with Crippen LogP contribution in [0.15, 0.2) is 30.3 Å². The van der Waals surface area contributed by atoms with Crippen molar-refractivity contribution in [3.63, 3.8) is 0 Å². The number of hydrogen-bond acceptors (Lipinski definition) is 5. The number of nitriles is 3. The Labute approximate surface area is 122 Å². The fraction of sp³-hybridized carbons (Fsp3) is 0.375. The van der Waals surface area contributed by atoms with Crippen LogP contribution >= 0.6 is 0 Å². The molecule has 1 aliphatic carbocycles. The maximum absolute atomic E-state index is 9.78. The normalized spacial score (nSPS) is 35.3. The molecule has 1 aromatic rings. The van der Waals surface area contributed by atoms with Crippen LogP contribution in [0.2, 0.25) is 0 Å². The lowest BCUT2D eigenvalue weighted by Crippen LogP contribution is -2.43. The highest BCUT2D eigenvalue weighted by Crippen LogP contribution is 2.70. The van der Waals surface area contributed by atoms with Crippen molar-refractivity contribution in [2.24, 2.45) is 10.8 Å². The molecule has 1 N–H and O–H groups in total. The van der Waals surface area contributed by atoms with E-state index < -0.39 is 22.3 Å². The van der Waals surface area contributed by atoms with E-state index >= 15 is 0 Å². The van der Waals surface area contributed by atoms with Gasteiger partial charge in [-0.3, -0.25) is 5.41 Å². The van der Waals surface area contributed by atoms with E-state index in [0.717, 1.165) is 5.56 Å². The van der Waals surface area contributed by atoms with Gasteiger partial charge in [0.25, 0.3) is 0 Å². The number of ether oxygens (including phenoxy) is 1. The fourth-order valence-corrected chi connectivity index (χ4v) is 3.83. The summed E-state index contributed by atoms with van der Waals surface area (Å²) in [6.45, 7) is 1.65. The van der Waals surface area contributed by atoms with E-state index in [1.54, 1.807) is 6.92 Å². The Kier molecular flexibility index (Phi) is 2.41. The summed E-state index contributed by atoms with van der Waals surface area (Å²) >= 11 is 0. The van der Waals surface area contributed by atoms with E-state index in [0.29, 0.717) is 6.42 Å². The molecule has 2 fully saturated rings. The lowest BCUT2D eigenvalue weighted by molar-refractivity contribution is 0.0527. The molecule has 1 saturated carbocycles. The van der Waals surface area contributed by atoms with Gasteiger partial charge in [-0.15, -0.1) is 0 Å². The molecular formula is C16H12N4O. The number of nitrogens with zero attached hydrogens (tertiary/aromatic N) is 3. The van der Waals surface area contributed by atoms with Gasteiger partial charge in [-0.2, -0.15) is 15.8 Å². The van der Waals surface area contributed by atoms with Gasteiger partial charge in [0, 0.05) is 5.92 Å². The van der Waals surface area contributed by atoms with E-state index in [9.17, 15) is 15.8 Å². The molecule has 1 aliphatic heterocycles. The highest BCUT2D eigenvalue weighted by Gasteiger charge is 2.82. The summed E-state index contributed by atoms with van der Waals surface area (Å²) in [6, 6.07) is 15.4. The van der Waals surface area contributed by atoms with Crippen molar-refractivity contribution in [3.05, 3.63) is 35.9 Å². The minimum Gasteiger partial charge on any atom is -0.471 e. The maximum atomic E-state index is 9.78. The average molecular weight is 276 g/mol. The molecule has 0 radical (unpaired) electrons. The predicted octanol–water partition coefficient (Wildman–Crippen LogP) is 2.48. The molecular weight excluding hydrogens is 264 g/mol. The highest BCUT2D eigenvalue weighted by atomic mass is 16.5. The summed E-state index contributed by atoms with van der Waals surface area (Å²) < 4.78 is 5.51. The zero-order chi connectivity index (χ0) is 15.3. The van der Waals surface area contributed by atoms with Crippen LogP contribution in [0.5, 0.6) is 0 Å². The zero-order valence-electron chi connectivity index (χ0n) is 11.4. The molecule has 1 aromatic carbocycles. The molecule has 21 heavy (non-hydrogen) atoms. The number of fused-ring (bicyclic) bond motifs is 2. The summed E-state index contributed by atoms with van der Waals surface area (Å²) in [6.07, 6.45) is 0.369. The van der Waals surface area contributed by atoms with E-state index in [4.69, 9.17) is 10.1 Å². The number of hydrogen-bond donors (Lipinski definition) is 1. The van der Waals surface area contributed by atoms with Crippen molar-refractivity contribution < 1.29 is 4.74 Å². The number of nitrogens with one attached hydrogen (secondary N) is 1. The molecule has 5 nitrogen and oxygen atoms in total. The summed E-state index contributed by atoms with van der Waals surface area (Å²) in [5.41, 5.74) is -3.49. The SMILES string of the molecule is C[C@@]12C[C@@H](c3ccccc3)[C@@](C#N)(C(=N)O1)C2(C#N)C#N. The minimum atomic E-state index is -1.66. The lowest BCUT2D eigenvalue weighted by atomic mass is 9.62. The predicted molar refractivity (Wildman–Crippen MR) is 72.7 cm³/mol. The lowest BCUT2D eigenvalue weighted by Gasteiger charge is -2.30. The second-order valence-electron chi connectivity index (χ2n) is 5.72. The van der Waals surface area contributed by atoms with Crippen LogP contribution in [0, 0.1) is 50.2 Å². The third-order valence-electron chi connectivity index (χ3n) is 4.90. The topological polar surface area (TPSA) is 104 Å².